The normalized spacial score (nSPS) is 11.5. The summed E-state index contributed by atoms with van der Waals surface area (Å²) in [6.07, 6.45) is 2.19. The number of aromatic nitrogens is 2. The molecule has 12 aromatic rings. The van der Waals surface area contributed by atoms with E-state index < -0.39 is 55.4 Å². The van der Waals surface area contributed by atoms with Crippen molar-refractivity contribution in [3.63, 3.8) is 0 Å². The van der Waals surface area contributed by atoms with Crippen molar-refractivity contribution in [2.45, 2.75) is 20.5 Å². The molecule has 5 N–H and O–H groups in total. The number of amides is 3. The largest absolute Gasteiger partial charge is 0.480 e. The van der Waals surface area contributed by atoms with Crippen LogP contribution in [-0.4, -0.2) is 95.5 Å². The molecular formula is C69H61F2N7O11S2. The molecule has 91 heavy (non-hydrogen) atoms. The molecule has 22 heteroatoms. The van der Waals surface area contributed by atoms with Crippen LogP contribution >= 0.6 is 0 Å². The molecule has 0 aliphatic rings. The highest BCUT2D eigenvalue weighted by Gasteiger charge is 2.29. The lowest BCUT2D eigenvalue weighted by molar-refractivity contribution is -0.137. The van der Waals surface area contributed by atoms with Gasteiger partial charge >= 0.3 is 5.97 Å². The van der Waals surface area contributed by atoms with Crippen LogP contribution in [0.15, 0.2) is 191 Å². The average molecular weight is 1270 g/mol. The summed E-state index contributed by atoms with van der Waals surface area (Å²) < 4.78 is 96.9. The van der Waals surface area contributed by atoms with E-state index in [2.05, 4.69) is 10.6 Å². The Morgan fingerprint density at radius 3 is 1.24 bits per heavy atom. The van der Waals surface area contributed by atoms with Gasteiger partial charge in [0.15, 0.2) is 0 Å². The Bertz CT molecular complexity index is 4790. The van der Waals surface area contributed by atoms with Crippen molar-refractivity contribution in [3.05, 3.63) is 205 Å². The molecule has 3 amide bonds. The van der Waals surface area contributed by atoms with E-state index in [1.54, 1.807) is 34.9 Å². The average Bonchev–Trinajstić information content (AvgIpc) is 1.66. The van der Waals surface area contributed by atoms with Gasteiger partial charge in [-0.2, -0.15) is 0 Å². The molecule has 0 bridgehead atoms. The van der Waals surface area contributed by atoms with Gasteiger partial charge in [-0.15, -0.1) is 0 Å². The molecule has 0 fully saturated rings. The number of carbonyl (C=O) groups is 4. The zero-order valence-electron chi connectivity index (χ0n) is 49.2. The van der Waals surface area contributed by atoms with Crippen LogP contribution in [0.1, 0.15) is 28.1 Å². The van der Waals surface area contributed by atoms with Crippen molar-refractivity contribution in [1.29, 1.82) is 0 Å². The predicted molar refractivity (Wildman–Crippen MR) is 353 cm³/mol. The number of nitrogens with one attached hydrogen (secondary N) is 2. The monoisotopic (exact) mass is 1270 g/mol. The van der Waals surface area contributed by atoms with Crippen LogP contribution in [-0.2, 0) is 42.7 Å². The number of furan rings is 2. The summed E-state index contributed by atoms with van der Waals surface area (Å²) in [5.74, 6) is -2.79. The van der Waals surface area contributed by atoms with Gasteiger partial charge in [-0.1, -0.05) is 80.2 Å². The first-order valence-corrected chi connectivity index (χ1v) is 31.5. The lowest BCUT2D eigenvalue weighted by Gasteiger charge is -2.21. The highest BCUT2D eigenvalue weighted by molar-refractivity contribution is 7.92. The molecule has 18 nitrogen and oxygen atoms in total. The number of aliphatic carboxylic acids is 1. The van der Waals surface area contributed by atoms with E-state index in [4.69, 9.17) is 14.6 Å². The van der Waals surface area contributed by atoms with E-state index in [0.29, 0.717) is 66.8 Å². The highest BCUT2D eigenvalue weighted by Crippen LogP contribution is 2.45. The molecule has 464 valence electrons. The van der Waals surface area contributed by atoms with Crippen molar-refractivity contribution in [1.82, 2.24) is 19.8 Å². The van der Waals surface area contributed by atoms with E-state index in [9.17, 15) is 49.9 Å². The van der Waals surface area contributed by atoms with Crippen LogP contribution in [0, 0.1) is 11.6 Å². The standard InChI is InChI=1S/C34H29FN4O5S.C34H28FN3O6S.CH4/c1-37-34(41)32-26-17-25(29(38(2)45(3,42)43)18-30(26)44-33(32)20-11-13-24(35)14-12-20)21-8-6-9-22(15-21)28-16-23-7-4-5-10-27(23)39(28)19-31(36)40;1-36-34(41)32-26-17-25(29(37(2)45(3,42)43)18-30(26)44-33(32)20-11-13-24(35)14-12-20)21-8-6-9-22(15-21)28-16-23-7-4-5-10-27(23)38(28)19-31(39)40;/h4-18H,19H2,1-3H3,(H2,36,40)(H,37,41);4-18H,19H2,1-3H3,(H,36,41)(H,39,40);1H4. The number of benzene rings is 8. The summed E-state index contributed by atoms with van der Waals surface area (Å²) in [4.78, 5) is 50.3. The number of hydrogen-bond acceptors (Lipinski definition) is 10. The number of hydrogen-bond donors (Lipinski definition) is 4. The number of carboxylic acid groups (broad SMARTS) is 1. The van der Waals surface area contributed by atoms with E-state index in [1.165, 1.54) is 76.7 Å². The summed E-state index contributed by atoms with van der Waals surface area (Å²) in [5.41, 5.74) is 15.0. The Balaban J connectivity index is 0.000000198. The van der Waals surface area contributed by atoms with Gasteiger partial charge in [0.2, 0.25) is 26.0 Å². The second kappa shape index (κ2) is 25.0. The highest BCUT2D eigenvalue weighted by atomic mass is 32.2. The lowest BCUT2D eigenvalue weighted by Crippen LogP contribution is -2.25. The van der Waals surface area contributed by atoms with Crippen molar-refractivity contribution in [3.8, 4) is 67.4 Å². The van der Waals surface area contributed by atoms with Gasteiger partial charge in [-0.3, -0.25) is 27.8 Å². The third kappa shape index (κ3) is 12.4. The summed E-state index contributed by atoms with van der Waals surface area (Å²) >= 11 is 0. The maximum Gasteiger partial charge on any atom is 0.323 e. The number of para-hydroxylation sites is 2. The molecule has 0 spiro atoms. The molecule has 8 aromatic carbocycles. The quantitative estimate of drug-likeness (QED) is 0.0708. The Kier molecular flexibility index (Phi) is 17.3. The molecule has 4 heterocycles. The molecule has 12 rings (SSSR count). The maximum atomic E-state index is 13.7. The smallest absolute Gasteiger partial charge is 0.323 e. The summed E-state index contributed by atoms with van der Waals surface area (Å²) in [6.45, 7) is -0.282. The van der Waals surface area contributed by atoms with Crippen LogP contribution < -0.4 is 25.0 Å². The molecule has 0 saturated carbocycles. The second-order valence-corrected chi connectivity index (χ2v) is 25.4. The predicted octanol–water partition coefficient (Wildman–Crippen LogP) is 12.8. The fourth-order valence-corrected chi connectivity index (χ4v) is 12.2. The van der Waals surface area contributed by atoms with Crippen LogP contribution in [0.4, 0.5) is 20.2 Å². The van der Waals surface area contributed by atoms with Gasteiger partial charge in [-0.25, -0.2) is 25.6 Å². The molecule has 0 atom stereocenters. The molecule has 0 radical (unpaired) electrons. The number of carboxylic acids is 1. The second-order valence-electron chi connectivity index (χ2n) is 21.3. The Morgan fingerprint density at radius 1 is 0.505 bits per heavy atom. The number of carbonyl (C=O) groups excluding carboxylic acids is 3. The summed E-state index contributed by atoms with van der Waals surface area (Å²) in [7, 11) is -1.60. The molecule has 0 aliphatic heterocycles. The zero-order chi connectivity index (χ0) is 64.1. The minimum atomic E-state index is -3.73. The van der Waals surface area contributed by atoms with Gasteiger partial charge in [0.25, 0.3) is 11.8 Å². The number of halogens is 2. The SMILES string of the molecule is C.CNC(=O)c1c(-c2ccc(F)cc2)oc2cc(N(C)S(C)(=O)=O)c(-c3cccc(-c4cc5ccccc5n4CC(=O)O)c3)cc12.CNC(=O)c1c(-c2ccc(F)cc2)oc2cc(N(C)S(C)(=O)=O)c(-c3cccc(-c4cc5ccccc5n4CC(N)=O)c3)cc12. The van der Waals surface area contributed by atoms with E-state index in [0.717, 1.165) is 54.2 Å². The van der Waals surface area contributed by atoms with Crippen LogP contribution in [0.2, 0.25) is 0 Å². The van der Waals surface area contributed by atoms with Crippen LogP contribution in [0.3, 0.4) is 0 Å². The Morgan fingerprint density at radius 2 is 0.879 bits per heavy atom. The number of rotatable bonds is 16. The van der Waals surface area contributed by atoms with Crippen molar-refractivity contribution >= 4 is 98.9 Å². The first-order valence-electron chi connectivity index (χ1n) is 27.9. The third-order valence-electron chi connectivity index (χ3n) is 15.6. The summed E-state index contributed by atoms with van der Waals surface area (Å²) in [5, 5.41) is 17.6. The number of primary amides is 1. The minimum absolute atomic E-state index is 0. The zero-order valence-corrected chi connectivity index (χ0v) is 50.8. The first kappa shape index (κ1) is 63.2. The van der Waals surface area contributed by atoms with E-state index in [-0.39, 0.29) is 54.3 Å². The van der Waals surface area contributed by atoms with Gasteiger partial charge < -0.3 is 39.4 Å². The van der Waals surface area contributed by atoms with Crippen molar-refractivity contribution in [2.24, 2.45) is 5.73 Å². The molecular weight excluding hydrogens is 1200 g/mol. The van der Waals surface area contributed by atoms with Crippen LogP contribution in [0.25, 0.3) is 111 Å². The molecule has 4 aromatic heterocycles. The fourth-order valence-electron chi connectivity index (χ4n) is 11.1. The third-order valence-corrected chi connectivity index (χ3v) is 18.0. The number of nitrogens with zero attached hydrogens (tertiary/aromatic N) is 4. The van der Waals surface area contributed by atoms with Gasteiger partial charge in [0, 0.05) is 107 Å². The van der Waals surface area contributed by atoms with E-state index >= 15 is 0 Å². The number of anilines is 2. The number of nitrogens with two attached hydrogens (primary N) is 1. The Hall–Kier alpha value is -10.8. The van der Waals surface area contributed by atoms with Crippen molar-refractivity contribution < 1.29 is 58.7 Å². The number of fused-ring (bicyclic) bond motifs is 4. The van der Waals surface area contributed by atoms with Gasteiger partial charge in [-0.05, 0) is 119 Å². The lowest BCUT2D eigenvalue weighted by atomic mass is 9.96. The van der Waals surface area contributed by atoms with E-state index in [1.807, 2.05) is 108 Å². The summed E-state index contributed by atoms with van der Waals surface area (Å²) in [6, 6.07) is 51.5. The molecule has 0 aliphatic carbocycles. The van der Waals surface area contributed by atoms with Crippen molar-refractivity contribution in [2.75, 3.05) is 49.3 Å². The van der Waals surface area contributed by atoms with Crippen LogP contribution in [0.5, 0.6) is 0 Å². The maximum absolute atomic E-state index is 13.7. The minimum Gasteiger partial charge on any atom is -0.480 e. The topological polar surface area (TPSA) is 249 Å². The van der Waals surface area contributed by atoms with Gasteiger partial charge in [0.05, 0.1) is 35.0 Å². The molecule has 0 unspecified atom stereocenters. The Labute approximate surface area is 522 Å². The fraction of sp³-hybridized carbons (Fsp3) is 0.130. The molecule has 0 saturated heterocycles. The van der Waals surface area contributed by atoms with Gasteiger partial charge in [0.1, 0.15) is 47.4 Å². The number of sulfonamides is 2. The first-order chi connectivity index (χ1) is 42.9.